The first-order valence-electron chi connectivity index (χ1n) is 11.6. The highest BCUT2D eigenvalue weighted by Crippen LogP contribution is 2.49. The van der Waals surface area contributed by atoms with E-state index in [0.717, 1.165) is 16.9 Å². The molecular weight excluding hydrogens is 571 g/mol. The highest BCUT2D eigenvalue weighted by molar-refractivity contribution is 7.80. The largest absolute Gasteiger partial charge is 0.486 e. The molecule has 9 nitrogen and oxygen atoms in total. The van der Waals surface area contributed by atoms with E-state index in [-0.39, 0.29) is 11.8 Å². The Morgan fingerprint density at radius 1 is 1.13 bits per heavy atom. The Kier molecular flexibility index (Phi) is 7.12. The fourth-order valence-electron chi connectivity index (χ4n) is 5.15. The average Bonchev–Trinajstić information content (AvgIpc) is 3.59. The van der Waals surface area contributed by atoms with Gasteiger partial charge in [0.05, 0.1) is 22.8 Å². The standard InChI is InChI=1S/C25H22Cl2N4O5S2/c1-33-21-23(37)35-19-11-34-22(13-5-3-2-4-6-13)36-20(19)25(21,14-7-8-15(26)16(27)9-14)31-10-17(29-30-31)18-12-38-24(32)28-18/h2-10,12,19-23,37H,11H2,1H3,(H,28,32)/t19-,20+,21+,22?,23-,25?/m1/s1. The van der Waals surface area contributed by atoms with Crippen LogP contribution in [-0.2, 0) is 24.5 Å². The summed E-state index contributed by atoms with van der Waals surface area (Å²) in [6, 6.07) is 15.0. The number of thiol groups is 1. The van der Waals surface area contributed by atoms with Gasteiger partial charge in [-0.3, -0.25) is 0 Å². The van der Waals surface area contributed by atoms with E-state index in [9.17, 15) is 5.11 Å². The molecule has 0 amide bonds. The second-order valence-electron chi connectivity index (χ2n) is 8.87. The zero-order chi connectivity index (χ0) is 26.4. The van der Waals surface area contributed by atoms with Gasteiger partial charge in [0, 0.05) is 18.1 Å². The molecular formula is C25H22Cl2N4O5S2. The number of fused-ring (bicyclic) bond motifs is 1. The van der Waals surface area contributed by atoms with Crippen molar-refractivity contribution in [3.8, 4) is 16.6 Å². The van der Waals surface area contributed by atoms with Crippen LogP contribution in [0, 0.1) is 0 Å². The number of benzene rings is 2. The van der Waals surface area contributed by atoms with E-state index < -0.39 is 35.6 Å². The number of aromatic hydroxyl groups is 1. The van der Waals surface area contributed by atoms with Crippen LogP contribution in [-0.4, -0.2) is 62.5 Å². The molecule has 2 aromatic heterocycles. The molecule has 1 N–H and O–H groups in total. The highest BCUT2D eigenvalue weighted by atomic mass is 35.5. The summed E-state index contributed by atoms with van der Waals surface area (Å²) in [5.41, 5.74) is 0.653. The predicted molar refractivity (Wildman–Crippen MR) is 145 cm³/mol. The van der Waals surface area contributed by atoms with Crippen LogP contribution in [0.25, 0.3) is 11.4 Å². The van der Waals surface area contributed by atoms with Crippen molar-refractivity contribution in [2.24, 2.45) is 0 Å². The van der Waals surface area contributed by atoms with E-state index in [1.165, 1.54) is 0 Å². The molecule has 13 heteroatoms. The van der Waals surface area contributed by atoms with Crippen molar-refractivity contribution in [2.45, 2.75) is 35.6 Å². The molecule has 0 saturated carbocycles. The molecule has 2 unspecified atom stereocenters. The van der Waals surface area contributed by atoms with Gasteiger partial charge in [-0.25, -0.2) is 9.67 Å². The van der Waals surface area contributed by atoms with E-state index in [4.69, 9.17) is 54.8 Å². The number of rotatable bonds is 5. The van der Waals surface area contributed by atoms with E-state index >= 15 is 0 Å². The smallest absolute Gasteiger partial charge is 0.271 e. The third-order valence-corrected chi connectivity index (χ3v) is 8.57. The van der Waals surface area contributed by atoms with Gasteiger partial charge < -0.3 is 24.1 Å². The first-order chi connectivity index (χ1) is 18.4. The lowest BCUT2D eigenvalue weighted by Gasteiger charge is -2.55. The molecule has 0 radical (unpaired) electrons. The van der Waals surface area contributed by atoms with Gasteiger partial charge in [0.15, 0.2) is 6.29 Å². The van der Waals surface area contributed by atoms with Gasteiger partial charge >= 0.3 is 0 Å². The van der Waals surface area contributed by atoms with Crippen LogP contribution in [0.3, 0.4) is 0 Å². The lowest BCUT2D eigenvalue weighted by Crippen LogP contribution is -2.69. The summed E-state index contributed by atoms with van der Waals surface area (Å²) in [5.74, 6) is 0. The van der Waals surface area contributed by atoms with E-state index in [0.29, 0.717) is 27.0 Å². The normalized spacial score (nSPS) is 29.2. The molecule has 2 aromatic carbocycles. The van der Waals surface area contributed by atoms with Gasteiger partial charge in [-0.1, -0.05) is 76.2 Å². The van der Waals surface area contributed by atoms with E-state index in [2.05, 4.69) is 15.3 Å². The van der Waals surface area contributed by atoms with Crippen molar-refractivity contribution in [2.75, 3.05) is 13.7 Å². The third-order valence-electron chi connectivity index (χ3n) is 6.80. The SMILES string of the molecule is CO[C@H]1[C@@H](S)O[C@@H]2COC(c3ccccc3)O[C@@H]2C1(c1ccc(Cl)c(Cl)c1)n1cc(-c2csc(O)n2)nn1. The van der Waals surface area contributed by atoms with Crippen molar-refractivity contribution in [1.29, 1.82) is 0 Å². The van der Waals surface area contributed by atoms with Gasteiger partial charge in [-0.15, -0.1) is 17.7 Å². The van der Waals surface area contributed by atoms with E-state index in [1.54, 1.807) is 35.5 Å². The Morgan fingerprint density at radius 3 is 2.66 bits per heavy atom. The quantitative estimate of drug-likeness (QED) is 0.314. The minimum absolute atomic E-state index is 0.0662. The monoisotopic (exact) mass is 592 g/mol. The molecule has 198 valence electrons. The number of methoxy groups -OCH3 is 1. The van der Waals surface area contributed by atoms with E-state index in [1.807, 2.05) is 36.4 Å². The zero-order valence-electron chi connectivity index (χ0n) is 19.8. The first-order valence-corrected chi connectivity index (χ1v) is 13.8. The van der Waals surface area contributed by atoms with Crippen molar-refractivity contribution >= 4 is 47.2 Å². The van der Waals surface area contributed by atoms with Crippen LogP contribution in [0.1, 0.15) is 17.4 Å². The van der Waals surface area contributed by atoms with Crippen molar-refractivity contribution in [3.63, 3.8) is 0 Å². The number of hydrogen-bond acceptors (Lipinski definition) is 10. The summed E-state index contributed by atoms with van der Waals surface area (Å²) in [7, 11) is 1.58. The Balaban J connectivity index is 1.56. The summed E-state index contributed by atoms with van der Waals surface area (Å²) in [6.07, 6.45) is -0.852. The maximum Gasteiger partial charge on any atom is 0.271 e. The molecule has 4 aromatic rings. The summed E-state index contributed by atoms with van der Waals surface area (Å²) in [4.78, 5) is 4.15. The Bertz CT molecular complexity index is 1440. The number of halogens is 2. The number of ether oxygens (including phenoxy) is 4. The molecule has 6 rings (SSSR count). The summed E-state index contributed by atoms with van der Waals surface area (Å²) >= 11 is 18.7. The van der Waals surface area contributed by atoms with Crippen LogP contribution in [0.4, 0.5) is 0 Å². The van der Waals surface area contributed by atoms with Gasteiger partial charge in [-0.2, -0.15) is 0 Å². The fourth-order valence-corrected chi connectivity index (χ4v) is 6.49. The molecule has 0 bridgehead atoms. The molecule has 0 spiro atoms. The van der Waals surface area contributed by atoms with Crippen molar-refractivity contribution in [1.82, 2.24) is 20.0 Å². The van der Waals surface area contributed by atoms with Crippen LogP contribution < -0.4 is 0 Å². The topological polar surface area (TPSA) is 101 Å². The second kappa shape index (κ2) is 10.4. The van der Waals surface area contributed by atoms with Gasteiger partial charge in [0.25, 0.3) is 5.19 Å². The van der Waals surface area contributed by atoms with Crippen molar-refractivity contribution < 1.29 is 24.1 Å². The minimum Gasteiger partial charge on any atom is -0.486 e. The van der Waals surface area contributed by atoms with Gasteiger partial charge in [-0.05, 0) is 17.7 Å². The third kappa shape index (κ3) is 4.31. The molecule has 38 heavy (non-hydrogen) atoms. The Hall–Kier alpha value is -2.22. The van der Waals surface area contributed by atoms with Crippen LogP contribution in [0.2, 0.25) is 10.0 Å². The molecule has 2 fully saturated rings. The maximum absolute atomic E-state index is 9.81. The maximum atomic E-state index is 9.81. The highest BCUT2D eigenvalue weighted by Gasteiger charge is 2.62. The fraction of sp³-hybridized carbons (Fsp3) is 0.320. The average molecular weight is 594 g/mol. The minimum atomic E-state index is -1.17. The van der Waals surface area contributed by atoms with Gasteiger partial charge in [0.2, 0.25) is 0 Å². The van der Waals surface area contributed by atoms with Crippen LogP contribution in [0.5, 0.6) is 5.19 Å². The molecule has 2 aliphatic heterocycles. The molecule has 6 atom stereocenters. The second-order valence-corrected chi connectivity index (χ2v) is 11.0. The number of hydrogen-bond donors (Lipinski definition) is 2. The van der Waals surface area contributed by atoms with Crippen LogP contribution >= 0.6 is 47.2 Å². The van der Waals surface area contributed by atoms with Crippen molar-refractivity contribution in [3.05, 3.63) is 81.3 Å². The van der Waals surface area contributed by atoms with Crippen LogP contribution in [0.15, 0.2) is 60.1 Å². The molecule has 4 heterocycles. The molecule has 2 saturated heterocycles. The molecule has 0 aliphatic carbocycles. The summed E-state index contributed by atoms with van der Waals surface area (Å²) in [6.45, 7) is 0.238. The Morgan fingerprint density at radius 2 is 1.95 bits per heavy atom. The first kappa shape index (κ1) is 26.0. The lowest BCUT2D eigenvalue weighted by atomic mass is 9.75. The Labute approximate surface area is 237 Å². The van der Waals surface area contributed by atoms with Gasteiger partial charge in [0.1, 0.15) is 40.7 Å². The molecule has 2 aliphatic rings. The number of aromatic nitrogens is 4. The summed E-state index contributed by atoms with van der Waals surface area (Å²) in [5, 5.41) is 21.1. The zero-order valence-corrected chi connectivity index (χ0v) is 23.1. The lowest BCUT2D eigenvalue weighted by molar-refractivity contribution is -0.323. The summed E-state index contributed by atoms with van der Waals surface area (Å²) < 4.78 is 26.8. The number of thiazole rings is 1. The predicted octanol–water partition coefficient (Wildman–Crippen LogP) is 4.94. The number of nitrogens with zero attached hydrogens (tertiary/aromatic N) is 4.